The molecule has 1 aliphatic heterocycles. The summed E-state index contributed by atoms with van der Waals surface area (Å²) in [5.74, 6) is -0.346. The van der Waals surface area contributed by atoms with Crippen LogP contribution in [0.3, 0.4) is 0 Å². The number of hydrogen-bond donors (Lipinski definition) is 1. The largest absolute Gasteiger partial charge is 0.488 e. The molecule has 0 radical (unpaired) electrons. The van der Waals surface area contributed by atoms with Gasteiger partial charge in [0.1, 0.15) is 12.4 Å². The zero-order valence-corrected chi connectivity index (χ0v) is 23.0. The molecule has 0 spiro atoms. The Morgan fingerprint density at radius 3 is 2.47 bits per heavy atom. The fraction of sp³-hybridized carbons (Fsp3) is 0.125. The van der Waals surface area contributed by atoms with Crippen molar-refractivity contribution in [3.8, 4) is 5.75 Å². The van der Waals surface area contributed by atoms with Gasteiger partial charge in [-0.2, -0.15) is 0 Å². The van der Waals surface area contributed by atoms with Gasteiger partial charge in [0, 0.05) is 28.3 Å². The number of ether oxygens (including phenoxy) is 2. The number of fused-ring (bicyclic) bond motifs is 3. The minimum absolute atomic E-state index is 0.0757. The number of methoxy groups -OCH3 is 1. The van der Waals surface area contributed by atoms with Gasteiger partial charge < -0.3 is 14.8 Å². The zero-order valence-electron chi connectivity index (χ0n) is 20.9. The highest BCUT2D eigenvalue weighted by molar-refractivity contribution is 14.1. The average molecular weight is 613 g/mol. The van der Waals surface area contributed by atoms with E-state index in [9.17, 15) is 9.59 Å². The summed E-state index contributed by atoms with van der Waals surface area (Å²) in [6, 6.07) is 27.8. The van der Waals surface area contributed by atoms with Crippen LogP contribution in [0.5, 0.6) is 5.75 Å². The Morgan fingerprint density at radius 2 is 1.68 bits per heavy atom. The van der Waals surface area contributed by atoms with E-state index in [1.54, 1.807) is 0 Å². The van der Waals surface area contributed by atoms with Gasteiger partial charge in [0.05, 0.1) is 22.0 Å². The molecule has 188 valence electrons. The first-order valence-corrected chi connectivity index (χ1v) is 13.4. The molecule has 0 fully saturated rings. The van der Waals surface area contributed by atoms with Crippen molar-refractivity contribution in [3.63, 3.8) is 0 Å². The van der Waals surface area contributed by atoms with E-state index in [-0.39, 0.29) is 5.78 Å². The molecule has 1 heterocycles. The molecule has 0 bridgehead atoms. The highest BCUT2D eigenvalue weighted by Gasteiger charge is 2.42. The molecule has 0 unspecified atom stereocenters. The van der Waals surface area contributed by atoms with Crippen LogP contribution < -0.4 is 10.1 Å². The summed E-state index contributed by atoms with van der Waals surface area (Å²) in [5, 5.41) is 5.66. The molecule has 1 N–H and O–H groups in total. The van der Waals surface area contributed by atoms with E-state index < -0.39 is 11.9 Å². The number of dihydropyridines is 1. The Hall–Kier alpha value is -3.91. The summed E-state index contributed by atoms with van der Waals surface area (Å²) in [7, 11) is 1.36. The van der Waals surface area contributed by atoms with Crippen molar-refractivity contribution in [2.75, 3.05) is 7.11 Å². The predicted molar refractivity (Wildman–Crippen MR) is 156 cm³/mol. The Balaban J connectivity index is 1.37. The van der Waals surface area contributed by atoms with Crippen molar-refractivity contribution in [2.45, 2.75) is 19.4 Å². The maximum Gasteiger partial charge on any atom is 0.336 e. The van der Waals surface area contributed by atoms with Gasteiger partial charge in [-0.1, -0.05) is 72.8 Å². The Labute approximate surface area is 234 Å². The molecular formula is C32H24INO4. The second kappa shape index (κ2) is 9.76. The van der Waals surface area contributed by atoms with Crippen LogP contribution in [0.2, 0.25) is 0 Å². The zero-order chi connectivity index (χ0) is 26.4. The lowest BCUT2D eigenvalue weighted by atomic mass is 9.80. The molecule has 0 amide bonds. The highest BCUT2D eigenvalue weighted by atomic mass is 127. The lowest BCUT2D eigenvalue weighted by molar-refractivity contribution is -0.136. The molecule has 38 heavy (non-hydrogen) atoms. The molecule has 6 heteroatoms. The van der Waals surface area contributed by atoms with Gasteiger partial charge in [-0.15, -0.1) is 0 Å². The van der Waals surface area contributed by atoms with Gasteiger partial charge >= 0.3 is 5.97 Å². The van der Waals surface area contributed by atoms with E-state index in [0.717, 1.165) is 31.7 Å². The number of rotatable bonds is 5. The van der Waals surface area contributed by atoms with Gasteiger partial charge in [0.25, 0.3) is 0 Å². The van der Waals surface area contributed by atoms with Crippen molar-refractivity contribution >= 4 is 50.8 Å². The lowest BCUT2D eigenvalue weighted by Crippen LogP contribution is -2.29. The quantitative estimate of drug-likeness (QED) is 0.199. The summed E-state index contributed by atoms with van der Waals surface area (Å²) in [6.07, 6.45) is 0. The maximum atomic E-state index is 13.6. The summed E-state index contributed by atoms with van der Waals surface area (Å²) in [6.45, 7) is 2.28. The molecule has 0 aromatic heterocycles. The smallest absolute Gasteiger partial charge is 0.336 e. The number of esters is 1. The number of carbonyl (C=O) groups is 2. The van der Waals surface area contributed by atoms with Crippen LogP contribution >= 0.6 is 22.6 Å². The second-order valence-corrected chi connectivity index (χ2v) is 10.5. The summed E-state index contributed by atoms with van der Waals surface area (Å²) >= 11 is 2.25. The van der Waals surface area contributed by atoms with Crippen LogP contribution in [-0.4, -0.2) is 18.9 Å². The van der Waals surface area contributed by atoms with Crippen molar-refractivity contribution in [1.29, 1.82) is 0 Å². The molecular weight excluding hydrogens is 589 g/mol. The lowest BCUT2D eigenvalue weighted by Gasteiger charge is -2.29. The van der Waals surface area contributed by atoms with Gasteiger partial charge in [0.2, 0.25) is 0 Å². The molecule has 0 saturated carbocycles. The van der Waals surface area contributed by atoms with Gasteiger partial charge in [-0.05, 0) is 63.5 Å². The number of halogens is 1. The standard InChI is InChI=1S/C32H24INO4/c1-18-27(32(36)37-2)28(29-30(34-18)23-12-5-6-13-24(23)31(29)35)20-14-15-26(25(33)16-20)38-17-21-10-7-9-19-8-3-4-11-22(19)21/h3-16,28,34H,17H2,1-2H3/t28-/m1/s1. The molecule has 1 aliphatic carbocycles. The second-order valence-electron chi connectivity index (χ2n) is 9.37. The third-order valence-corrected chi connectivity index (χ3v) is 8.05. The molecule has 0 saturated heterocycles. The fourth-order valence-corrected chi connectivity index (χ4v) is 6.13. The topological polar surface area (TPSA) is 64.6 Å². The molecule has 5 nitrogen and oxygen atoms in total. The average Bonchev–Trinajstić information content (AvgIpc) is 3.22. The summed E-state index contributed by atoms with van der Waals surface area (Å²) in [5.41, 5.74) is 5.87. The van der Waals surface area contributed by atoms with Crippen LogP contribution in [0.25, 0.3) is 16.5 Å². The molecule has 1 atom stereocenters. The van der Waals surface area contributed by atoms with E-state index in [1.807, 2.05) is 67.6 Å². The molecule has 2 aliphatic rings. The minimum atomic E-state index is -0.556. The third kappa shape index (κ3) is 4.00. The number of carbonyl (C=O) groups excluding carboxylic acids is 2. The molecule has 4 aromatic carbocycles. The van der Waals surface area contributed by atoms with Gasteiger partial charge in [0.15, 0.2) is 5.78 Å². The van der Waals surface area contributed by atoms with Crippen LogP contribution in [0.15, 0.2) is 102 Å². The van der Waals surface area contributed by atoms with E-state index in [2.05, 4.69) is 52.2 Å². The fourth-order valence-electron chi connectivity index (χ4n) is 5.43. The monoisotopic (exact) mass is 613 g/mol. The van der Waals surface area contributed by atoms with Crippen molar-refractivity contribution in [3.05, 3.63) is 128 Å². The van der Waals surface area contributed by atoms with Crippen molar-refractivity contribution in [2.24, 2.45) is 0 Å². The Morgan fingerprint density at radius 1 is 0.947 bits per heavy atom. The predicted octanol–water partition coefficient (Wildman–Crippen LogP) is 6.76. The van der Waals surface area contributed by atoms with Gasteiger partial charge in [-0.25, -0.2) is 4.79 Å². The minimum Gasteiger partial charge on any atom is -0.488 e. The Kier molecular flexibility index (Phi) is 6.27. The molecule has 6 rings (SSSR count). The third-order valence-electron chi connectivity index (χ3n) is 7.21. The number of allylic oxidation sites excluding steroid dienone is 2. The summed E-state index contributed by atoms with van der Waals surface area (Å²) < 4.78 is 12.3. The van der Waals surface area contributed by atoms with Crippen molar-refractivity contribution < 1.29 is 19.1 Å². The Bertz CT molecular complexity index is 1700. The number of hydrogen-bond acceptors (Lipinski definition) is 5. The first-order chi connectivity index (χ1) is 18.5. The highest BCUT2D eigenvalue weighted by Crippen LogP contribution is 2.47. The first kappa shape index (κ1) is 24.4. The first-order valence-electron chi connectivity index (χ1n) is 12.3. The van der Waals surface area contributed by atoms with E-state index >= 15 is 0 Å². The van der Waals surface area contributed by atoms with Gasteiger partial charge in [-0.3, -0.25) is 4.79 Å². The number of nitrogens with one attached hydrogen (secondary N) is 1. The number of benzene rings is 4. The van der Waals surface area contributed by atoms with Crippen LogP contribution in [-0.2, 0) is 16.1 Å². The SMILES string of the molecule is COC(=O)C1=C(C)NC2=C(C(=O)c3ccccc32)[C@@H]1c1ccc(OCc2cccc3ccccc23)c(I)c1. The van der Waals surface area contributed by atoms with E-state index in [0.29, 0.717) is 29.0 Å². The van der Waals surface area contributed by atoms with Crippen LogP contribution in [0.1, 0.15) is 39.9 Å². The van der Waals surface area contributed by atoms with Crippen LogP contribution in [0.4, 0.5) is 0 Å². The van der Waals surface area contributed by atoms with Crippen LogP contribution in [0, 0.1) is 3.57 Å². The van der Waals surface area contributed by atoms with Crippen molar-refractivity contribution in [1.82, 2.24) is 5.32 Å². The normalized spacial score (nSPS) is 16.3. The number of ketones is 1. The summed E-state index contributed by atoms with van der Waals surface area (Å²) in [4.78, 5) is 26.6. The van der Waals surface area contributed by atoms with E-state index in [4.69, 9.17) is 9.47 Å². The van der Waals surface area contributed by atoms with E-state index in [1.165, 1.54) is 17.9 Å². The molecule has 4 aromatic rings. The maximum absolute atomic E-state index is 13.6. The number of Topliss-reactive ketones (excluding diaryl/α,β-unsaturated/α-hetero) is 1.